The lowest BCUT2D eigenvalue weighted by atomic mass is 10.1. The second-order valence-electron chi connectivity index (χ2n) is 3.83. The Hall–Kier alpha value is -0.830. The van der Waals surface area contributed by atoms with E-state index in [1.54, 1.807) is 6.08 Å². The molecule has 1 amide bonds. The summed E-state index contributed by atoms with van der Waals surface area (Å²) in [6.45, 7) is 5.53. The molecular weight excluding hydrogens is 178 g/mol. The Balaban J connectivity index is 2.26. The van der Waals surface area contributed by atoms with Gasteiger partial charge in [-0.2, -0.15) is 0 Å². The summed E-state index contributed by atoms with van der Waals surface area (Å²) in [6, 6.07) is 0. The summed E-state index contributed by atoms with van der Waals surface area (Å²) in [5, 5.41) is 8.78. The van der Waals surface area contributed by atoms with Gasteiger partial charge < -0.3 is 10.0 Å². The molecule has 1 atom stereocenters. The Bertz CT molecular complexity index is 203. The number of aliphatic hydroxyl groups excluding tert-OH is 1. The minimum absolute atomic E-state index is 0.227. The molecule has 1 unspecified atom stereocenters. The highest BCUT2D eigenvalue weighted by Crippen LogP contribution is 2.19. The first kappa shape index (κ1) is 11.2. The SMILES string of the molecule is C=CCCC(=O)N1CCC(CCO)C1. The van der Waals surface area contributed by atoms with Gasteiger partial charge in [0, 0.05) is 26.1 Å². The quantitative estimate of drug-likeness (QED) is 0.672. The van der Waals surface area contributed by atoms with Gasteiger partial charge in [0.1, 0.15) is 0 Å². The first-order valence-electron chi connectivity index (χ1n) is 5.27. The van der Waals surface area contributed by atoms with Gasteiger partial charge in [0.25, 0.3) is 0 Å². The summed E-state index contributed by atoms with van der Waals surface area (Å²) in [5.41, 5.74) is 0. The number of nitrogens with zero attached hydrogens (tertiary/aromatic N) is 1. The predicted molar refractivity (Wildman–Crippen MR) is 55.8 cm³/mol. The first-order chi connectivity index (χ1) is 6.77. The van der Waals surface area contributed by atoms with E-state index in [-0.39, 0.29) is 12.5 Å². The largest absolute Gasteiger partial charge is 0.396 e. The zero-order valence-electron chi connectivity index (χ0n) is 8.61. The van der Waals surface area contributed by atoms with E-state index >= 15 is 0 Å². The highest BCUT2D eigenvalue weighted by molar-refractivity contribution is 5.76. The molecule has 0 bridgehead atoms. The number of rotatable bonds is 5. The van der Waals surface area contributed by atoms with Gasteiger partial charge in [-0.25, -0.2) is 0 Å². The number of allylic oxidation sites excluding steroid dienone is 1. The normalized spacial score (nSPS) is 21.2. The minimum atomic E-state index is 0.227. The number of likely N-dealkylation sites (tertiary alicyclic amines) is 1. The van der Waals surface area contributed by atoms with Gasteiger partial charge >= 0.3 is 0 Å². The lowest BCUT2D eigenvalue weighted by Gasteiger charge is -2.15. The van der Waals surface area contributed by atoms with Gasteiger partial charge in [0.15, 0.2) is 0 Å². The van der Waals surface area contributed by atoms with Crippen LogP contribution >= 0.6 is 0 Å². The van der Waals surface area contributed by atoms with Crippen molar-refractivity contribution in [1.82, 2.24) is 4.90 Å². The third kappa shape index (κ3) is 3.14. The van der Waals surface area contributed by atoms with Crippen molar-refractivity contribution >= 4 is 5.91 Å². The topological polar surface area (TPSA) is 40.5 Å². The van der Waals surface area contributed by atoms with E-state index in [0.717, 1.165) is 32.4 Å². The average Bonchev–Trinajstić information content (AvgIpc) is 2.63. The van der Waals surface area contributed by atoms with Crippen LogP contribution < -0.4 is 0 Å². The van der Waals surface area contributed by atoms with Crippen LogP contribution in [-0.2, 0) is 4.79 Å². The van der Waals surface area contributed by atoms with Crippen LogP contribution in [0, 0.1) is 5.92 Å². The van der Waals surface area contributed by atoms with Crippen LogP contribution in [0.5, 0.6) is 0 Å². The van der Waals surface area contributed by atoms with Crippen LogP contribution in [0.15, 0.2) is 12.7 Å². The zero-order valence-corrected chi connectivity index (χ0v) is 8.61. The summed E-state index contributed by atoms with van der Waals surface area (Å²) in [7, 11) is 0. The third-order valence-electron chi connectivity index (χ3n) is 2.74. The monoisotopic (exact) mass is 197 g/mol. The summed E-state index contributed by atoms with van der Waals surface area (Å²) in [6.07, 6.45) is 4.99. The molecule has 0 aliphatic carbocycles. The summed E-state index contributed by atoms with van der Waals surface area (Å²) >= 11 is 0. The van der Waals surface area contributed by atoms with Crippen LogP contribution in [-0.4, -0.2) is 35.6 Å². The van der Waals surface area contributed by atoms with Crippen LogP contribution in [0.2, 0.25) is 0 Å². The number of hydrogen-bond donors (Lipinski definition) is 1. The van der Waals surface area contributed by atoms with Gasteiger partial charge in [-0.05, 0) is 25.2 Å². The van der Waals surface area contributed by atoms with Crippen LogP contribution in [0.1, 0.15) is 25.7 Å². The second-order valence-corrected chi connectivity index (χ2v) is 3.83. The highest BCUT2D eigenvalue weighted by Gasteiger charge is 2.24. The lowest BCUT2D eigenvalue weighted by Crippen LogP contribution is -2.28. The lowest BCUT2D eigenvalue weighted by molar-refractivity contribution is -0.130. The Labute approximate surface area is 85.4 Å². The van der Waals surface area contributed by atoms with Crippen LogP contribution in [0.4, 0.5) is 0 Å². The van der Waals surface area contributed by atoms with Gasteiger partial charge in [0.2, 0.25) is 5.91 Å². The van der Waals surface area contributed by atoms with Crippen LogP contribution in [0.3, 0.4) is 0 Å². The number of hydrogen-bond acceptors (Lipinski definition) is 2. The van der Waals surface area contributed by atoms with E-state index in [1.807, 2.05) is 4.90 Å². The molecule has 0 aromatic carbocycles. The van der Waals surface area contributed by atoms with Crippen molar-refractivity contribution in [3.8, 4) is 0 Å². The number of amides is 1. The third-order valence-corrected chi connectivity index (χ3v) is 2.74. The molecule has 0 spiro atoms. The smallest absolute Gasteiger partial charge is 0.222 e. The molecule has 1 fully saturated rings. The molecule has 1 rings (SSSR count). The molecule has 1 saturated heterocycles. The molecule has 80 valence electrons. The average molecular weight is 197 g/mol. The van der Waals surface area contributed by atoms with Crippen molar-refractivity contribution in [2.24, 2.45) is 5.92 Å². The Kier molecular flexibility index (Phi) is 4.66. The first-order valence-corrected chi connectivity index (χ1v) is 5.27. The molecule has 1 aliphatic rings. The Morgan fingerprint density at radius 2 is 2.43 bits per heavy atom. The summed E-state index contributed by atoms with van der Waals surface area (Å²) in [5.74, 6) is 0.734. The van der Waals surface area contributed by atoms with Crippen LogP contribution in [0.25, 0.3) is 0 Å². The molecule has 0 saturated carbocycles. The fourth-order valence-corrected chi connectivity index (χ4v) is 1.86. The fourth-order valence-electron chi connectivity index (χ4n) is 1.86. The molecule has 3 heteroatoms. The fraction of sp³-hybridized carbons (Fsp3) is 0.727. The van der Waals surface area contributed by atoms with Crippen molar-refractivity contribution in [2.75, 3.05) is 19.7 Å². The van der Waals surface area contributed by atoms with Crippen molar-refractivity contribution in [1.29, 1.82) is 0 Å². The Morgan fingerprint density at radius 1 is 1.64 bits per heavy atom. The minimum Gasteiger partial charge on any atom is -0.396 e. The molecule has 0 radical (unpaired) electrons. The molecule has 14 heavy (non-hydrogen) atoms. The molecule has 1 heterocycles. The maximum atomic E-state index is 11.6. The van der Waals surface area contributed by atoms with E-state index in [4.69, 9.17) is 5.11 Å². The highest BCUT2D eigenvalue weighted by atomic mass is 16.3. The van der Waals surface area contributed by atoms with Crippen molar-refractivity contribution in [3.63, 3.8) is 0 Å². The maximum absolute atomic E-state index is 11.6. The van der Waals surface area contributed by atoms with Crippen molar-refractivity contribution in [3.05, 3.63) is 12.7 Å². The second kappa shape index (κ2) is 5.81. The van der Waals surface area contributed by atoms with Gasteiger partial charge in [0.05, 0.1) is 0 Å². The van der Waals surface area contributed by atoms with E-state index in [9.17, 15) is 4.79 Å². The maximum Gasteiger partial charge on any atom is 0.222 e. The van der Waals surface area contributed by atoms with E-state index in [2.05, 4.69) is 6.58 Å². The number of aliphatic hydroxyl groups is 1. The molecular formula is C11H19NO2. The Morgan fingerprint density at radius 3 is 3.07 bits per heavy atom. The van der Waals surface area contributed by atoms with Crippen molar-refractivity contribution in [2.45, 2.75) is 25.7 Å². The number of carbonyl (C=O) groups is 1. The van der Waals surface area contributed by atoms with E-state index in [0.29, 0.717) is 12.3 Å². The molecule has 3 nitrogen and oxygen atoms in total. The summed E-state index contributed by atoms with van der Waals surface area (Å²) in [4.78, 5) is 13.5. The van der Waals surface area contributed by atoms with Crippen molar-refractivity contribution < 1.29 is 9.90 Å². The molecule has 0 aromatic heterocycles. The molecule has 1 N–H and O–H groups in total. The predicted octanol–water partition coefficient (Wildman–Crippen LogP) is 1.18. The zero-order chi connectivity index (χ0) is 10.4. The van der Waals surface area contributed by atoms with Gasteiger partial charge in [-0.1, -0.05) is 6.08 Å². The molecule has 0 aromatic rings. The summed E-state index contributed by atoms with van der Waals surface area (Å²) < 4.78 is 0. The number of carbonyl (C=O) groups excluding carboxylic acids is 1. The van der Waals surface area contributed by atoms with E-state index < -0.39 is 0 Å². The van der Waals surface area contributed by atoms with Gasteiger partial charge in [-0.3, -0.25) is 4.79 Å². The van der Waals surface area contributed by atoms with Gasteiger partial charge in [-0.15, -0.1) is 6.58 Å². The standard InChI is InChI=1S/C11H19NO2/c1-2-3-4-11(14)12-7-5-10(9-12)6-8-13/h2,10,13H,1,3-9H2. The van der Waals surface area contributed by atoms with E-state index in [1.165, 1.54) is 0 Å². The molecule has 1 aliphatic heterocycles.